The number of esters is 1. The van der Waals surface area contributed by atoms with Crippen molar-refractivity contribution in [2.45, 2.75) is 19.0 Å². The summed E-state index contributed by atoms with van der Waals surface area (Å²) < 4.78 is 66.3. The second kappa shape index (κ2) is 5.66. The predicted molar refractivity (Wildman–Crippen MR) is 62.2 cm³/mol. The summed E-state index contributed by atoms with van der Waals surface area (Å²) in [6.07, 6.45) is -6.03. The maximum atomic E-state index is 12.9. The Morgan fingerprint density at radius 3 is 2.19 bits per heavy atom. The Kier molecular flexibility index (Phi) is 4.55. The standard InChI is InChI=1S/C12H10F5NO3/c1-6-3-4-8(7(5-6)9(19)21-2)18-10(20)11(13,14)12(15,16)17/h3-5H,1-2H3,(H,18,20). The molecule has 1 amide bonds. The Bertz CT molecular complexity index is 569. The van der Waals surface area contributed by atoms with E-state index in [4.69, 9.17) is 0 Å². The number of carbonyl (C=O) groups is 2. The molecule has 0 saturated carbocycles. The predicted octanol–water partition coefficient (Wildman–Crippen LogP) is 2.92. The van der Waals surface area contributed by atoms with Gasteiger partial charge in [-0.3, -0.25) is 4.79 Å². The molecule has 1 N–H and O–H groups in total. The van der Waals surface area contributed by atoms with Crippen LogP contribution in [-0.2, 0) is 9.53 Å². The first kappa shape index (κ1) is 16.9. The van der Waals surface area contributed by atoms with Gasteiger partial charge in [0.1, 0.15) is 0 Å². The number of hydrogen-bond acceptors (Lipinski definition) is 3. The van der Waals surface area contributed by atoms with Gasteiger partial charge in [0.05, 0.1) is 18.4 Å². The highest BCUT2D eigenvalue weighted by molar-refractivity contribution is 6.03. The Hall–Kier alpha value is -2.19. The van der Waals surface area contributed by atoms with Gasteiger partial charge in [0.15, 0.2) is 0 Å². The van der Waals surface area contributed by atoms with Gasteiger partial charge in [-0.25, -0.2) is 4.79 Å². The van der Waals surface area contributed by atoms with E-state index >= 15 is 0 Å². The average molecular weight is 311 g/mol. The van der Waals surface area contributed by atoms with Crippen LogP contribution in [0.15, 0.2) is 18.2 Å². The summed E-state index contributed by atoms with van der Waals surface area (Å²) in [6.45, 7) is 1.56. The summed E-state index contributed by atoms with van der Waals surface area (Å²) in [5, 5.41) is 1.39. The Morgan fingerprint density at radius 1 is 1.14 bits per heavy atom. The largest absolute Gasteiger partial charge is 0.465 e. The summed E-state index contributed by atoms with van der Waals surface area (Å²) >= 11 is 0. The number of halogens is 5. The number of ether oxygens (including phenoxy) is 1. The summed E-state index contributed by atoms with van der Waals surface area (Å²) in [4.78, 5) is 22.5. The lowest BCUT2D eigenvalue weighted by molar-refractivity contribution is -0.267. The molecular weight excluding hydrogens is 301 g/mol. The van der Waals surface area contributed by atoms with Crippen LogP contribution in [0.25, 0.3) is 0 Å². The third-order valence-electron chi connectivity index (χ3n) is 2.47. The van der Waals surface area contributed by atoms with Crippen molar-refractivity contribution in [2.24, 2.45) is 0 Å². The zero-order valence-corrected chi connectivity index (χ0v) is 10.8. The Labute approximate surface area is 115 Å². The van der Waals surface area contributed by atoms with Crippen molar-refractivity contribution < 1.29 is 36.3 Å². The Balaban J connectivity index is 3.14. The van der Waals surface area contributed by atoms with Gasteiger partial charge in [-0.2, -0.15) is 22.0 Å². The highest BCUT2D eigenvalue weighted by Crippen LogP contribution is 2.36. The van der Waals surface area contributed by atoms with Crippen LogP contribution >= 0.6 is 0 Å². The minimum absolute atomic E-state index is 0.330. The summed E-state index contributed by atoms with van der Waals surface area (Å²) in [5.41, 5.74) is -0.304. The molecule has 116 valence electrons. The Morgan fingerprint density at radius 2 is 1.71 bits per heavy atom. The van der Waals surface area contributed by atoms with Crippen molar-refractivity contribution in [2.75, 3.05) is 12.4 Å². The minimum atomic E-state index is -6.03. The zero-order chi connectivity index (χ0) is 16.4. The van der Waals surface area contributed by atoms with Crippen LogP contribution in [0, 0.1) is 6.92 Å². The minimum Gasteiger partial charge on any atom is -0.465 e. The molecule has 0 atom stereocenters. The molecule has 0 aliphatic heterocycles. The fourth-order valence-corrected chi connectivity index (χ4v) is 1.38. The van der Waals surface area contributed by atoms with Crippen LogP contribution < -0.4 is 5.32 Å². The van der Waals surface area contributed by atoms with Crippen molar-refractivity contribution in [3.05, 3.63) is 29.3 Å². The second-order valence-electron chi connectivity index (χ2n) is 4.07. The number of carbonyl (C=O) groups excluding carboxylic acids is 2. The fourth-order valence-electron chi connectivity index (χ4n) is 1.38. The SMILES string of the molecule is COC(=O)c1cc(C)ccc1NC(=O)C(F)(F)C(F)(F)F. The number of rotatable bonds is 3. The van der Waals surface area contributed by atoms with Gasteiger partial charge in [0.2, 0.25) is 0 Å². The lowest BCUT2D eigenvalue weighted by Gasteiger charge is -2.19. The quantitative estimate of drug-likeness (QED) is 0.690. The van der Waals surface area contributed by atoms with Crippen LogP contribution in [-0.4, -0.2) is 31.1 Å². The van der Waals surface area contributed by atoms with E-state index < -0.39 is 29.7 Å². The van der Waals surface area contributed by atoms with Gasteiger partial charge < -0.3 is 10.1 Å². The van der Waals surface area contributed by atoms with Crippen LogP contribution in [0.3, 0.4) is 0 Å². The molecule has 0 bridgehead atoms. The molecule has 0 fully saturated rings. The monoisotopic (exact) mass is 311 g/mol. The molecule has 1 aromatic carbocycles. The molecular formula is C12H10F5NO3. The van der Waals surface area contributed by atoms with Crippen LogP contribution in [0.2, 0.25) is 0 Å². The van der Waals surface area contributed by atoms with Crippen molar-refractivity contribution in [3.63, 3.8) is 0 Å². The third-order valence-corrected chi connectivity index (χ3v) is 2.47. The molecule has 0 radical (unpaired) electrons. The molecule has 0 unspecified atom stereocenters. The number of methoxy groups -OCH3 is 1. The van der Waals surface area contributed by atoms with Crippen molar-refractivity contribution in [1.29, 1.82) is 0 Å². The first-order valence-electron chi connectivity index (χ1n) is 5.45. The van der Waals surface area contributed by atoms with Gasteiger partial charge in [-0.1, -0.05) is 11.6 Å². The number of anilines is 1. The molecule has 21 heavy (non-hydrogen) atoms. The lowest BCUT2D eigenvalue weighted by Crippen LogP contribution is -2.47. The topological polar surface area (TPSA) is 55.4 Å². The van der Waals surface area contributed by atoms with Gasteiger partial charge in [-0.05, 0) is 19.1 Å². The molecule has 1 rings (SSSR count). The van der Waals surface area contributed by atoms with Crippen molar-refractivity contribution in [3.8, 4) is 0 Å². The first-order chi connectivity index (χ1) is 9.50. The zero-order valence-electron chi connectivity index (χ0n) is 10.8. The van der Waals surface area contributed by atoms with E-state index in [0.717, 1.165) is 13.2 Å². The van der Waals surface area contributed by atoms with E-state index in [1.54, 1.807) is 6.92 Å². The molecule has 9 heteroatoms. The normalized spacial score (nSPS) is 12.0. The number of alkyl halides is 5. The average Bonchev–Trinajstić information content (AvgIpc) is 2.38. The van der Waals surface area contributed by atoms with Crippen molar-refractivity contribution >= 4 is 17.6 Å². The summed E-state index contributed by atoms with van der Waals surface area (Å²) in [7, 11) is 1.00. The van der Waals surface area contributed by atoms with Crippen LogP contribution in [0.4, 0.5) is 27.6 Å². The summed E-state index contributed by atoms with van der Waals surface area (Å²) in [6, 6.07) is 3.55. The number of aryl methyl sites for hydroxylation is 1. The van der Waals surface area contributed by atoms with E-state index in [1.807, 2.05) is 0 Å². The fraction of sp³-hybridized carbons (Fsp3) is 0.333. The maximum Gasteiger partial charge on any atom is 0.463 e. The number of hydrogen-bond donors (Lipinski definition) is 1. The third kappa shape index (κ3) is 3.47. The molecule has 0 heterocycles. The lowest BCUT2D eigenvalue weighted by atomic mass is 10.1. The first-order valence-corrected chi connectivity index (χ1v) is 5.45. The second-order valence-corrected chi connectivity index (χ2v) is 4.07. The smallest absolute Gasteiger partial charge is 0.463 e. The van der Waals surface area contributed by atoms with E-state index in [0.29, 0.717) is 5.56 Å². The maximum absolute atomic E-state index is 12.9. The van der Waals surface area contributed by atoms with Crippen LogP contribution in [0.5, 0.6) is 0 Å². The molecule has 1 aromatic rings. The van der Waals surface area contributed by atoms with Crippen LogP contribution in [0.1, 0.15) is 15.9 Å². The molecule has 0 saturated heterocycles. The van der Waals surface area contributed by atoms with E-state index in [9.17, 15) is 31.5 Å². The van der Waals surface area contributed by atoms with E-state index in [1.165, 1.54) is 17.4 Å². The highest BCUT2D eigenvalue weighted by Gasteiger charge is 2.63. The van der Waals surface area contributed by atoms with E-state index in [-0.39, 0.29) is 5.56 Å². The molecule has 0 aromatic heterocycles. The van der Waals surface area contributed by atoms with Gasteiger partial charge in [0.25, 0.3) is 0 Å². The number of amides is 1. The number of nitrogens with one attached hydrogen (secondary N) is 1. The molecule has 0 aliphatic carbocycles. The molecule has 0 spiro atoms. The van der Waals surface area contributed by atoms with Crippen molar-refractivity contribution in [1.82, 2.24) is 0 Å². The molecule has 4 nitrogen and oxygen atoms in total. The van der Waals surface area contributed by atoms with Gasteiger partial charge in [0, 0.05) is 0 Å². The summed E-state index contributed by atoms with van der Waals surface area (Å²) in [5.74, 6) is -9.14. The number of benzene rings is 1. The van der Waals surface area contributed by atoms with Gasteiger partial charge in [-0.15, -0.1) is 0 Å². The van der Waals surface area contributed by atoms with Gasteiger partial charge >= 0.3 is 24.0 Å². The molecule has 0 aliphatic rings. The van der Waals surface area contributed by atoms with E-state index in [2.05, 4.69) is 4.74 Å². The highest BCUT2D eigenvalue weighted by atomic mass is 19.4.